The summed E-state index contributed by atoms with van der Waals surface area (Å²) in [7, 11) is 0. The summed E-state index contributed by atoms with van der Waals surface area (Å²) in [4.78, 5) is 26.9. The molecule has 0 saturated heterocycles. The van der Waals surface area contributed by atoms with Gasteiger partial charge in [0.1, 0.15) is 11.9 Å². The fourth-order valence-corrected chi connectivity index (χ4v) is 3.69. The van der Waals surface area contributed by atoms with Gasteiger partial charge in [0.2, 0.25) is 11.8 Å². The van der Waals surface area contributed by atoms with Crippen molar-refractivity contribution in [2.45, 2.75) is 52.1 Å². The molecule has 0 radical (unpaired) electrons. The monoisotopic (exact) mass is 416 g/mol. The van der Waals surface area contributed by atoms with Crippen LogP contribution in [0, 0.1) is 12.7 Å². The molecule has 0 bridgehead atoms. The smallest absolute Gasteiger partial charge is 0.242 e. The van der Waals surface area contributed by atoms with E-state index in [4.69, 9.17) is 0 Å². The maximum absolute atomic E-state index is 14.2. The van der Waals surface area contributed by atoms with Crippen LogP contribution >= 0.6 is 11.8 Å². The highest BCUT2D eigenvalue weighted by atomic mass is 32.2. The fourth-order valence-electron chi connectivity index (χ4n) is 2.82. The van der Waals surface area contributed by atoms with Crippen molar-refractivity contribution in [3.63, 3.8) is 0 Å². The Labute approximate surface area is 176 Å². The molecule has 2 rings (SSSR count). The molecule has 1 N–H and O–H groups in total. The van der Waals surface area contributed by atoms with Gasteiger partial charge in [-0.25, -0.2) is 4.39 Å². The van der Waals surface area contributed by atoms with Gasteiger partial charge in [-0.05, 0) is 39.3 Å². The van der Waals surface area contributed by atoms with Crippen molar-refractivity contribution in [1.82, 2.24) is 10.2 Å². The first-order chi connectivity index (χ1) is 13.8. The number of nitrogens with zero attached hydrogens (tertiary/aromatic N) is 1. The fraction of sp³-hybridized carbons (Fsp3) is 0.391. The van der Waals surface area contributed by atoms with Gasteiger partial charge in [-0.1, -0.05) is 48.0 Å². The quantitative estimate of drug-likeness (QED) is 0.663. The summed E-state index contributed by atoms with van der Waals surface area (Å²) in [5, 5.41) is 2.83. The van der Waals surface area contributed by atoms with Gasteiger partial charge in [0.05, 0.1) is 5.75 Å². The summed E-state index contributed by atoms with van der Waals surface area (Å²) in [6.07, 6.45) is 0. The van der Waals surface area contributed by atoms with E-state index in [9.17, 15) is 14.0 Å². The third kappa shape index (κ3) is 7.20. The first-order valence-corrected chi connectivity index (χ1v) is 10.9. The second-order valence-electron chi connectivity index (χ2n) is 7.43. The number of nitrogens with one attached hydrogen (secondary N) is 1. The molecule has 156 valence electrons. The van der Waals surface area contributed by atoms with Crippen LogP contribution in [0.5, 0.6) is 0 Å². The van der Waals surface area contributed by atoms with Crippen molar-refractivity contribution in [3.8, 4) is 0 Å². The minimum Gasteiger partial charge on any atom is -0.352 e. The Morgan fingerprint density at radius 2 is 1.72 bits per heavy atom. The zero-order valence-corrected chi connectivity index (χ0v) is 18.3. The number of carbonyl (C=O) groups excluding carboxylic acids is 2. The molecule has 1 atom stereocenters. The molecular formula is C23H29FN2O2S. The van der Waals surface area contributed by atoms with Crippen molar-refractivity contribution in [3.05, 3.63) is 71.0 Å². The lowest BCUT2D eigenvalue weighted by Crippen LogP contribution is -2.49. The third-order valence-electron chi connectivity index (χ3n) is 4.51. The van der Waals surface area contributed by atoms with Gasteiger partial charge >= 0.3 is 0 Å². The number of aryl methyl sites for hydroxylation is 1. The molecule has 0 heterocycles. The van der Waals surface area contributed by atoms with Crippen LogP contribution in [0.2, 0.25) is 0 Å². The second-order valence-corrected chi connectivity index (χ2v) is 8.42. The molecule has 4 nitrogen and oxygen atoms in total. The average molecular weight is 417 g/mol. The number of thioether (sulfide) groups is 1. The molecule has 0 aromatic heterocycles. The standard InChI is InChI=1S/C23H29FN2O2S/c1-16(2)25-23(28)18(4)26(13-20-7-5-6-8-21(20)24)22(27)15-29-14-19-11-9-17(3)10-12-19/h5-12,16,18H,13-15H2,1-4H3,(H,25,28). The van der Waals surface area contributed by atoms with Crippen LogP contribution in [0.3, 0.4) is 0 Å². The van der Waals surface area contributed by atoms with Crippen molar-refractivity contribution < 1.29 is 14.0 Å². The number of rotatable bonds is 9. The van der Waals surface area contributed by atoms with E-state index in [2.05, 4.69) is 5.32 Å². The number of carbonyl (C=O) groups is 2. The van der Waals surface area contributed by atoms with Gasteiger partial charge in [0, 0.05) is 23.9 Å². The first kappa shape index (κ1) is 22.9. The maximum atomic E-state index is 14.2. The summed E-state index contributed by atoms with van der Waals surface area (Å²) in [5.74, 6) is 0.118. The van der Waals surface area contributed by atoms with Gasteiger partial charge < -0.3 is 10.2 Å². The van der Waals surface area contributed by atoms with E-state index in [1.54, 1.807) is 25.1 Å². The largest absolute Gasteiger partial charge is 0.352 e. The molecule has 2 amide bonds. The van der Waals surface area contributed by atoms with Gasteiger partial charge in [-0.2, -0.15) is 0 Å². The highest BCUT2D eigenvalue weighted by Crippen LogP contribution is 2.17. The molecular weight excluding hydrogens is 387 g/mol. The summed E-state index contributed by atoms with van der Waals surface area (Å²) < 4.78 is 14.2. The molecule has 0 saturated carbocycles. The zero-order valence-electron chi connectivity index (χ0n) is 17.4. The Bertz CT molecular complexity index is 824. The average Bonchev–Trinajstić information content (AvgIpc) is 2.67. The van der Waals surface area contributed by atoms with Crippen molar-refractivity contribution in [2.75, 3.05) is 5.75 Å². The highest BCUT2D eigenvalue weighted by Gasteiger charge is 2.27. The molecule has 6 heteroatoms. The van der Waals surface area contributed by atoms with Crippen molar-refractivity contribution in [2.24, 2.45) is 0 Å². The van der Waals surface area contributed by atoms with E-state index in [1.165, 1.54) is 28.3 Å². The van der Waals surface area contributed by atoms with E-state index in [0.29, 0.717) is 11.3 Å². The molecule has 29 heavy (non-hydrogen) atoms. The normalized spacial score (nSPS) is 11.9. The Hall–Kier alpha value is -2.34. The minimum absolute atomic E-state index is 0.0359. The number of amides is 2. The molecule has 1 unspecified atom stereocenters. The minimum atomic E-state index is -0.690. The number of hydrogen-bond acceptors (Lipinski definition) is 3. The van der Waals surface area contributed by atoms with Crippen LogP contribution < -0.4 is 5.32 Å². The topological polar surface area (TPSA) is 49.4 Å². The van der Waals surface area contributed by atoms with Crippen LogP contribution in [0.1, 0.15) is 37.5 Å². The van der Waals surface area contributed by atoms with E-state index in [0.717, 1.165) is 5.56 Å². The Morgan fingerprint density at radius 3 is 2.34 bits per heavy atom. The van der Waals surface area contributed by atoms with Gasteiger partial charge in [0.25, 0.3) is 0 Å². The lowest BCUT2D eigenvalue weighted by Gasteiger charge is -2.29. The summed E-state index contributed by atoms with van der Waals surface area (Å²) in [5.41, 5.74) is 2.73. The number of benzene rings is 2. The van der Waals surface area contributed by atoms with Gasteiger partial charge in [-0.3, -0.25) is 9.59 Å². The third-order valence-corrected chi connectivity index (χ3v) is 5.50. The van der Waals surface area contributed by atoms with E-state index < -0.39 is 6.04 Å². The van der Waals surface area contributed by atoms with Gasteiger partial charge in [0.15, 0.2) is 0 Å². The second kappa shape index (κ2) is 11.0. The predicted octanol–water partition coefficient (Wildman–Crippen LogP) is 4.31. The maximum Gasteiger partial charge on any atom is 0.242 e. The SMILES string of the molecule is Cc1ccc(CSCC(=O)N(Cc2ccccc2F)C(C)C(=O)NC(C)C)cc1. The molecule has 2 aromatic rings. The van der Waals surface area contributed by atoms with E-state index in [-0.39, 0.29) is 36.0 Å². The molecule has 0 spiro atoms. The van der Waals surface area contributed by atoms with Crippen molar-refractivity contribution in [1.29, 1.82) is 0 Å². The summed E-state index contributed by atoms with van der Waals surface area (Å²) >= 11 is 1.49. The zero-order chi connectivity index (χ0) is 21.4. The van der Waals surface area contributed by atoms with E-state index >= 15 is 0 Å². The number of halogens is 1. The van der Waals surface area contributed by atoms with Crippen LogP contribution in [-0.2, 0) is 21.9 Å². The van der Waals surface area contributed by atoms with Gasteiger partial charge in [-0.15, -0.1) is 11.8 Å². The van der Waals surface area contributed by atoms with Crippen LogP contribution in [0.15, 0.2) is 48.5 Å². The summed E-state index contributed by atoms with van der Waals surface area (Å²) in [6.45, 7) is 7.51. The first-order valence-electron chi connectivity index (χ1n) is 9.74. The van der Waals surface area contributed by atoms with Crippen molar-refractivity contribution >= 4 is 23.6 Å². The summed E-state index contributed by atoms with van der Waals surface area (Å²) in [6, 6.07) is 13.8. The molecule has 0 aliphatic heterocycles. The lowest BCUT2D eigenvalue weighted by atomic mass is 10.1. The van der Waals surface area contributed by atoms with Crippen LogP contribution in [0.25, 0.3) is 0 Å². The van der Waals surface area contributed by atoms with E-state index in [1.807, 2.05) is 45.0 Å². The lowest BCUT2D eigenvalue weighted by molar-refractivity contribution is -0.138. The molecule has 0 aliphatic rings. The molecule has 2 aromatic carbocycles. The van der Waals surface area contributed by atoms with Crippen LogP contribution in [0.4, 0.5) is 4.39 Å². The van der Waals surface area contributed by atoms with Crippen LogP contribution in [-0.4, -0.2) is 34.6 Å². The Kier molecular flexibility index (Phi) is 8.70. The number of hydrogen-bond donors (Lipinski definition) is 1. The Morgan fingerprint density at radius 1 is 1.07 bits per heavy atom. The molecule has 0 fully saturated rings. The highest BCUT2D eigenvalue weighted by molar-refractivity contribution is 7.99. The molecule has 0 aliphatic carbocycles. The predicted molar refractivity (Wildman–Crippen MR) is 117 cm³/mol. The Balaban J connectivity index is 2.07.